The predicted molar refractivity (Wildman–Crippen MR) is 177 cm³/mol. The first-order valence-electron chi connectivity index (χ1n) is 12.9. The maximum atomic E-state index is 14.2. The van der Waals surface area contributed by atoms with Crippen LogP contribution in [0, 0.1) is 13.8 Å². The molecule has 42 heavy (non-hydrogen) atoms. The molecule has 0 saturated heterocycles. The third kappa shape index (κ3) is 5.34. The van der Waals surface area contributed by atoms with E-state index in [0.29, 0.717) is 31.9 Å². The average molecular weight is 665 g/mol. The van der Waals surface area contributed by atoms with Crippen LogP contribution in [0.25, 0.3) is 30.9 Å². The summed E-state index contributed by atoms with van der Waals surface area (Å²) in [5, 5.41) is 7.76. The van der Waals surface area contributed by atoms with Crippen molar-refractivity contribution in [1.82, 2.24) is 19.5 Å². The van der Waals surface area contributed by atoms with Crippen molar-refractivity contribution >= 4 is 89.6 Å². The van der Waals surface area contributed by atoms with E-state index in [1.165, 1.54) is 28.0 Å². The van der Waals surface area contributed by atoms with Gasteiger partial charge in [0.15, 0.2) is 5.16 Å². The van der Waals surface area contributed by atoms with Crippen molar-refractivity contribution < 1.29 is 4.42 Å². The number of fused-ring (bicyclic) bond motifs is 2. The minimum Gasteiger partial charge on any atom is -0.467 e. The lowest BCUT2D eigenvalue weighted by atomic mass is 10.2. The van der Waals surface area contributed by atoms with E-state index in [-0.39, 0.29) is 12.1 Å². The molecule has 0 bridgehead atoms. The molecule has 0 radical (unpaired) electrons. The van der Waals surface area contributed by atoms with E-state index in [1.54, 1.807) is 45.3 Å². The van der Waals surface area contributed by atoms with E-state index < -0.39 is 0 Å². The van der Waals surface area contributed by atoms with E-state index >= 15 is 0 Å². The van der Waals surface area contributed by atoms with Crippen LogP contribution in [-0.2, 0) is 12.3 Å². The lowest BCUT2D eigenvalue weighted by Gasteiger charge is -2.12. The van der Waals surface area contributed by atoms with E-state index in [0.717, 1.165) is 42.0 Å². The first-order valence-corrected chi connectivity index (χ1v) is 17.6. The van der Waals surface area contributed by atoms with Gasteiger partial charge in [-0.2, -0.15) is 0 Å². The molecule has 0 N–H and O–H groups in total. The fourth-order valence-electron chi connectivity index (χ4n) is 4.55. The Morgan fingerprint density at radius 2 is 1.83 bits per heavy atom. The van der Waals surface area contributed by atoms with Crippen LogP contribution in [0.4, 0.5) is 0 Å². The van der Waals surface area contributed by atoms with Crippen molar-refractivity contribution in [3.63, 3.8) is 0 Å². The van der Waals surface area contributed by atoms with E-state index in [9.17, 15) is 4.79 Å². The monoisotopic (exact) mass is 664 g/mol. The van der Waals surface area contributed by atoms with Gasteiger partial charge in [0, 0.05) is 36.0 Å². The molecule has 0 aliphatic rings. The number of thiophene rings is 3. The highest BCUT2D eigenvalue weighted by Gasteiger charge is 2.22. The number of hydrogen-bond donors (Lipinski definition) is 0. The highest BCUT2D eigenvalue weighted by Crippen LogP contribution is 2.40. The van der Waals surface area contributed by atoms with Crippen molar-refractivity contribution in [2.75, 3.05) is 0 Å². The molecule has 6 aromatic heterocycles. The summed E-state index contributed by atoms with van der Waals surface area (Å²) in [7, 11) is 0. The lowest BCUT2D eigenvalue weighted by Crippen LogP contribution is -2.23. The number of benzene rings is 1. The predicted octanol–water partition coefficient (Wildman–Crippen LogP) is 9.55. The SMILES string of the molecule is Cc1sc2nc(CSc3ccc(Cl)cc3)nc(Sc3nc4scc(-c5cccs5)c4c(=O)n3Cc3ccco3)c2c1C. The molecular weight excluding hydrogens is 644 g/mol. The van der Waals surface area contributed by atoms with Crippen LogP contribution in [0.2, 0.25) is 5.02 Å². The summed E-state index contributed by atoms with van der Waals surface area (Å²) in [5.41, 5.74) is 1.97. The minimum atomic E-state index is -0.0920. The second-order valence-corrected chi connectivity index (χ2v) is 14.9. The van der Waals surface area contributed by atoms with Crippen LogP contribution < -0.4 is 5.56 Å². The lowest BCUT2D eigenvalue weighted by molar-refractivity contribution is 0.477. The first-order chi connectivity index (χ1) is 20.4. The zero-order chi connectivity index (χ0) is 28.8. The third-order valence-electron chi connectivity index (χ3n) is 6.75. The van der Waals surface area contributed by atoms with Crippen LogP contribution in [0.15, 0.2) is 89.8 Å². The van der Waals surface area contributed by atoms with E-state index in [4.69, 9.17) is 31.0 Å². The van der Waals surface area contributed by atoms with E-state index in [2.05, 4.69) is 13.8 Å². The summed E-state index contributed by atoms with van der Waals surface area (Å²) in [6, 6.07) is 15.5. The van der Waals surface area contributed by atoms with Gasteiger partial charge in [-0.05, 0) is 79.0 Å². The van der Waals surface area contributed by atoms with Gasteiger partial charge in [0.25, 0.3) is 5.56 Å². The zero-order valence-electron chi connectivity index (χ0n) is 22.3. The van der Waals surface area contributed by atoms with E-state index in [1.807, 2.05) is 59.3 Å². The Kier molecular flexibility index (Phi) is 7.72. The Morgan fingerprint density at radius 1 is 0.976 bits per heavy atom. The summed E-state index contributed by atoms with van der Waals surface area (Å²) in [6.07, 6.45) is 1.62. The standard InChI is InChI=1S/C30H21ClN4O2S5/c1-16-17(2)41-27-24(16)28(33-23(32-27)15-39-20-9-7-18(31)8-10-20)42-30-34-26-25(21(14-40-26)22-6-4-12-38-22)29(36)35(30)13-19-5-3-11-37-19/h3-12,14H,13,15H2,1-2H3. The fourth-order valence-corrected chi connectivity index (χ4v) is 9.43. The zero-order valence-corrected chi connectivity index (χ0v) is 27.1. The molecule has 0 spiro atoms. The van der Waals surface area contributed by atoms with Gasteiger partial charge in [-0.25, -0.2) is 15.0 Å². The molecule has 0 unspecified atom stereocenters. The number of thioether (sulfide) groups is 1. The number of furan rings is 1. The van der Waals surface area contributed by atoms with Crippen molar-refractivity contribution in [2.45, 2.75) is 41.2 Å². The van der Waals surface area contributed by atoms with Gasteiger partial charge in [0.1, 0.15) is 26.3 Å². The van der Waals surface area contributed by atoms with Gasteiger partial charge >= 0.3 is 0 Å². The number of rotatable bonds is 8. The molecule has 0 amide bonds. The van der Waals surface area contributed by atoms with Gasteiger partial charge in [-0.1, -0.05) is 17.7 Å². The van der Waals surface area contributed by atoms with Crippen LogP contribution in [0.5, 0.6) is 0 Å². The average Bonchev–Trinajstić information content (AvgIpc) is 3.79. The quantitative estimate of drug-likeness (QED) is 0.0910. The number of aryl methyl sites for hydroxylation is 2. The van der Waals surface area contributed by atoms with Crippen LogP contribution in [-0.4, -0.2) is 19.5 Å². The van der Waals surface area contributed by atoms with Gasteiger partial charge in [-0.15, -0.1) is 45.8 Å². The maximum Gasteiger partial charge on any atom is 0.264 e. The maximum absolute atomic E-state index is 14.2. The Morgan fingerprint density at radius 3 is 2.60 bits per heavy atom. The Bertz CT molecular complexity index is 2100. The molecule has 210 valence electrons. The molecule has 12 heteroatoms. The number of hydrogen-bond acceptors (Lipinski definition) is 10. The number of aromatic nitrogens is 4. The summed E-state index contributed by atoms with van der Waals surface area (Å²) >= 11 is 13.9. The van der Waals surface area contributed by atoms with Crippen molar-refractivity contribution in [3.05, 3.63) is 103 Å². The second-order valence-electron chi connectivity index (χ2n) is 9.42. The Balaban J connectivity index is 1.34. The third-order valence-corrected chi connectivity index (χ3v) is 11.9. The second kappa shape index (κ2) is 11.6. The topological polar surface area (TPSA) is 73.8 Å². The molecule has 0 atom stereocenters. The molecular formula is C30H21ClN4O2S5. The van der Waals surface area contributed by atoms with Crippen molar-refractivity contribution in [2.24, 2.45) is 0 Å². The van der Waals surface area contributed by atoms with Crippen molar-refractivity contribution in [3.8, 4) is 10.4 Å². The van der Waals surface area contributed by atoms with Crippen molar-refractivity contribution in [1.29, 1.82) is 0 Å². The fraction of sp³-hybridized carbons (Fsp3) is 0.133. The highest BCUT2D eigenvalue weighted by molar-refractivity contribution is 7.99. The van der Waals surface area contributed by atoms with Gasteiger partial charge in [0.2, 0.25) is 0 Å². The molecule has 1 aromatic carbocycles. The number of nitrogens with zero attached hydrogens (tertiary/aromatic N) is 4. The summed E-state index contributed by atoms with van der Waals surface area (Å²) in [6.45, 7) is 4.47. The van der Waals surface area contributed by atoms with Crippen LogP contribution >= 0.6 is 69.1 Å². The van der Waals surface area contributed by atoms with Gasteiger partial charge < -0.3 is 4.42 Å². The number of halogens is 1. The smallest absolute Gasteiger partial charge is 0.264 e. The Hall–Kier alpha value is -2.93. The summed E-state index contributed by atoms with van der Waals surface area (Å²) in [5.74, 6) is 2.01. The molecule has 0 saturated carbocycles. The summed E-state index contributed by atoms with van der Waals surface area (Å²) in [4.78, 5) is 34.2. The van der Waals surface area contributed by atoms with Crippen LogP contribution in [0.1, 0.15) is 22.0 Å². The van der Waals surface area contributed by atoms with Gasteiger partial charge in [-0.3, -0.25) is 9.36 Å². The highest BCUT2D eigenvalue weighted by atomic mass is 35.5. The normalized spacial score (nSPS) is 11.7. The minimum absolute atomic E-state index is 0.0920. The Labute approximate surface area is 266 Å². The first kappa shape index (κ1) is 27.9. The molecule has 7 rings (SSSR count). The molecule has 0 aliphatic carbocycles. The molecule has 0 aliphatic heterocycles. The largest absolute Gasteiger partial charge is 0.467 e. The van der Waals surface area contributed by atoms with Gasteiger partial charge in [0.05, 0.1) is 23.9 Å². The molecule has 7 aromatic rings. The van der Waals surface area contributed by atoms with Crippen LogP contribution in [0.3, 0.4) is 0 Å². The molecule has 6 nitrogen and oxygen atoms in total. The molecule has 0 fully saturated rings. The summed E-state index contributed by atoms with van der Waals surface area (Å²) < 4.78 is 7.37. The molecule has 6 heterocycles.